The average Bonchev–Trinajstić information content (AvgIpc) is 2.59. The number of amides is 1. The van der Waals surface area contributed by atoms with Gasteiger partial charge in [-0.05, 0) is 29.1 Å². The van der Waals surface area contributed by atoms with Gasteiger partial charge in [0.1, 0.15) is 0 Å². The SMILES string of the molecule is O=C(CSc1cccc2cccc(Cl)c12)NCc1ccccc1Cl. The molecule has 0 fully saturated rings. The van der Waals surface area contributed by atoms with Crippen LogP contribution in [0.1, 0.15) is 5.56 Å². The first-order chi connectivity index (χ1) is 11.6. The van der Waals surface area contributed by atoms with E-state index in [0.29, 0.717) is 22.3 Å². The molecule has 0 atom stereocenters. The van der Waals surface area contributed by atoms with Gasteiger partial charge in [0, 0.05) is 26.9 Å². The molecule has 1 amide bonds. The number of hydrogen-bond acceptors (Lipinski definition) is 2. The van der Waals surface area contributed by atoms with Crippen molar-refractivity contribution < 1.29 is 4.79 Å². The Morgan fingerprint density at radius 1 is 0.917 bits per heavy atom. The summed E-state index contributed by atoms with van der Waals surface area (Å²) >= 11 is 13.9. The predicted octanol–water partition coefficient (Wildman–Crippen LogP) is 5.56. The summed E-state index contributed by atoms with van der Waals surface area (Å²) in [4.78, 5) is 13.1. The van der Waals surface area contributed by atoms with Gasteiger partial charge < -0.3 is 5.32 Å². The minimum atomic E-state index is -0.0380. The van der Waals surface area contributed by atoms with Crippen molar-refractivity contribution in [2.45, 2.75) is 11.4 Å². The van der Waals surface area contributed by atoms with Gasteiger partial charge in [-0.2, -0.15) is 0 Å². The largest absolute Gasteiger partial charge is 0.351 e. The molecular weight excluding hydrogens is 361 g/mol. The number of benzene rings is 3. The lowest BCUT2D eigenvalue weighted by atomic mass is 10.1. The van der Waals surface area contributed by atoms with E-state index in [1.807, 2.05) is 60.7 Å². The van der Waals surface area contributed by atoms with Crippen molar-refractivity contribution in [1.29, 1.82) is 0 Å². The first-order valence-electron chi connectivity index (χ1n) is 7.45. The van der Waals surface area contributed by atoms with Crippen LogP contribution < -0.4 is 5.32 Å². The third-order valence-electron chi connectivity index (χ3n) is 3.61. The van der Waals surface area contributed by atoms with Crippen LogP contribution in [0.2, 0.25) is 10.0 Å². The number of carbonyl (C=O) groups excluding carboxylic acids is 1. The van der Waals surface area contributed by atoms with Crippen molar-refractivity contribution in [2.24, 2.45) is 0 Å². The minimum Gasteiger partial charge on any atom is -0.351 e. The van der Waals surface area contributed by atoms with Crippen molar-refractivity contribution in [2.75, 3.05) is 5.75 Å². The van der Waals surface area contributed by atoms with Crippen LogP contribution in [0.5, 0.6) is 0 Å². The maximum atomic E-state index is 12.1. The highest BCUT2D eigenvalue weighted by Crippen LogP contribution is 2.33. The van der Waals surface area contributed by atoms with Crippen molar-refractivity contribution in [3.05, 3.63) is 76.3 Å². The molecule has 5 heteroatoms. The fraction of sp³-hybridized carbons (Fsp3) is 0.105. The second-order valence-electron chi connectivity index (χ2n) is 5.25. The Hall–Kier alpha value is -1.68. The molecule has 122 valence electrons. The number of thioether (sulfide) groups is 1. The summed E-state index contributed by atoms with van der Waals surface area (Å²) in [6, 6.07) is 19.3. The molecule has 0 spiro atoms. The highest BCUT2D eigenvalue weighted by molar-refractivity contribution is 8.00. The smallest absolute Gasteiger partial charge is 0.230 e. The maximum Gasteiger partial charge on any atom is 0.230 e. The summed E-state index contributed by atoms with van der Waals surface area (Å²) in [5.41, 5.74) is 0.908. The predicted molar refractivity (Wildman–Crippen MR) is 103 cm³/mol. The Labute approximate surface area is 155 Å². The Morgan fingerprint density at radius 2 is 1.62 bits per heavy atom. The number of carbonyl (C=O) groups is 1. The zero-order valence-corrected chi connectivity index (χ0v) is 15.1. The zero-order valence-electron chi connectivity index (χ0n) is 12.8. The molecule has 0 radical (unpaired) electrons. The maximum absolute atomic E-state index is 12.1. The van der Waals surface area contributed by atoms with E-state index < -0.39 is 0 Å². The minimum absolute atomic E-state index is 0.0380. The number of fused-ring (bicyclic) bond motifs is 1. The van der Waals surface area contributed by atoms with Gasteiger partial charge >= 0.3 is 0 Å². The third-order valence-corrected chi connectivity index (χ3v) is 5.35. The third kappa shape index (κ3) is 4.04. The summed E-state index contributed by atoms with van der Waals surface area (Å²) in [7, 11) is 0. The number of nitrogens with one attached hydrogen (secondary N) is 1. The van der Waals surface area contributed by atoms with Crippen LogP contribution in [-0.2, 0) is 11.3 Å². The van der Waals surface area contributed by atoms with Crippen molar-refractivity contribution in [3.63, 3.8) is 0 Å². The van der Waals surface area contributed by atoms with E-state index in [-0.39, 0.29) is 5.91 Å². The van der Waals surface area contributed by atoms with Crippen LogP contribution in [0, 0.1) is 0 Å². The molecular formula is C19H15Cl2NOS. The van der Waals surface area contributed by atoms with Crippen LogP contribution >= 0.6 is 35.0 Å². The summed E-state index contributed by atoms with van der Waals surface area (Å²) < 4.78 is 0. The van der Waals surface area contributed by atoms with Gasteiger partial charge in [0.25, 0.3) is 0 Å². The lowest BCUT2D eigenvalue weighted by molar-refractivity contribution is -0.118. The second kappa shape index (κ2) is 7.93. The molecule has 1 N–H and O–H groups in total. The molecule has 0 unspecified atom stereocenters. The highest BCUT2D eigenvalue weighted by atomic mass is 35.5. The molecule has 0 heterocycles. The van der Waals surface area contributed by atoms with Crippen molar-refractivity contribution in [1.82, 2.24) is 5.32 Å². The normalized spacial score (nSPS) is 10.8. The fourth-order valence-corrected chi connectivity index (χ4v) is 3.89. The molecule has 3 aromatic carbocycles. The topological polar surface area (TPSA) is 29.1 Å². The van der Waals surface area contributed by atoms with Crippen LogP contribution in [-0.4, -0.2) is 11.7 Å². The molecule has 0 aliphatic heterocycles. The standard InChI is InChI=1S/C19H15Cl2NOS/c20-15-8-2-1-5-14(15)11-22-18(23)12-24-17-10-4-7-13-6-3-9-16(21)19(13)17/h1-10H,11-12H2,(H,22,23). The van der Waals surface area contributed by atoms with Gasteiger partial charge in [0.2, 0.25) is 5.91 Å². The highest BCUT2D eigenvalue weighted by Gasteiger charge is 2.09. The monoisotopic (exact) mass is 375 g/mol. The van der Waals surface area contributed by atoms with Gasteiger partial charge in [0.15, 0.2) is 0 Å². The number of halogens is 2. The molecule has 24 heavy (non-hydrogen) atoms. The van der Waals surface area contributed by atoms with E-state index in [1.54, 1.807) is 0 Å². The quantitative estimate of drug-likeness (QED) is 0.591. The summed E-state index contributed by atoms with van der Waals surface area (Å²) in [5, 5.41) is 6.32. The lowest BCUT2D eigenvalue weighted by Gasteiger charge is -2.09. The molecule has 0 aromatic heterocycles. The van der Waals surface area contributed by atoms with E-state index in [9.17, 15) is 4.79 Å². The second-order valence-corrected chi connectivity index (χ2v) is 7.08. The summed E-state index contributed by atoms with van der Waals surface area (Å²) in [5.74, 6) is 0.290. The van der Waals surface area contributed by atoms with Gasteiger partial charge in [-0.1, -0.05) is 65.7 Å². The molecule has 0 saturated heterocycles. The van der Waals surface area contributed by atoms with Crippen molar-refractivity contribution >= 4 is 51.6 Å². The van der Waals surface area contributed by atoms with Crippen molar-refractivity contribution in [3.8, 4) is 0 Å². The average molecular weight is 376 g/mol. The molecule has 2 nitrogen and oxygen atoms in total. The van der Waals surface area contributed by atoms with E-state index in [1.165, 1.54) is 11.8 Å². The van der Waals surface area contributed by atoms with E-state index in [2.05, 4.69) is 5.32 Å². The van der Waals surface area contributed by atoms with Gasteiger partial charge in [-0.25, -0.2) is 0 Å². The lowest BCUT2D eigenvalue weighted by Crippen LogP contribution is -2.24. The Kier molecular flexibility index (Phi) is 5.67. The van der Waals surface area contributed by atoms with Gasteiger partial charge in [0.05, 0.1) is 5.75 Å². The number of hydrogen-bond donors (Lipinski definition) is 1. The molecule has 3 aromatic rings. The fourth-order valence-electron chi connectivity index (χ4n) is 2.41. The molecule has 0 saturated carbocycles. The van der Waals surface area contributed by atoms with Crippen LogP contribution in [0.3, 0.4) is 0 Å². The molecule has 3 rings (SSSR count). The van der Waals surface area contributed by atoms with Gasteiger partial charge in [-0.3, -0.25) is 4.79 Å². The van der Waals surface area contributed by atoms with E-state index in [0.717, 1.165) is 21.2 Å². The van der Waals surface area contributed by atoms with Crippen LogP contribution in [0.25, 0.3) is 10.8 Å². The first-order valence-corrected chi connectivity index (χ1v) is 9.19. The van der Waals surface area contributed by atoms with E-state index in [4.69, 9.17) is 23.2 Å². The van der Waals surface area contributed by atoms with Crippen LogP contribution in [0.4, 0.5) is 0 Å². The van der Waals surface area contributed by atoms with Gasteiger partial charge in [-0.15, -0.1) is 11.8 Å². The molecule has 0 aliphatic carbocycles. The molecule has 0 aliphatic rings. The summed E-state index contributed by atoms with van der Waals surface area (Å²) in [6.07, 6.45) is 0. The number of rotatable bonds is 5. The molecule has 0 bridgehead atoms. The van der Waals surface area contributed by atoms with E-state index >= 15 is 0 Å². The summed E-state index contributed by atoms with van der Waals surface area (Å²) in [6.45, 7) is 0.426. The zero-order chi connectivity index (χ0) is 16.9. The Bertz CT molecular complexity index is 877. The van der Waals surface area contributed by atoms with Crippen LogP contribution in [0.15, 0.2) is 65.6 Å². The first kappa shape index (κ1) is 17.2. The Balaban J connectivity index is 1.64. The Morgan fingerprint density at radius 3 is 2.42 bits per heavy atom.